The number of aromatic nitrogens is 8. The van der Waals surface area contributed by atoms with E-state index >= 15 is 0 Å². The Labute approximate surface area is 146 Å². The normalized spacial score (nSPS) is 9.39. The summed E-state index contributed by atoms with van der Waals surface area (Å²) in [6.45, 7) is 0. The summed E-state index contributed by atoms with van der Waals surface area (Å²) in [6, 6.07) is 7.07. The molecule has 0 fully saturated rings. The maximum atomic E-state index is 4.01. The number of nitrogens with zero attached hydrogens (tertiary/aromatic N) is 8. The Balaban J connectivity index is 0.000000160. The van der Waals surface area contributed by atoms with Gasteiger partial charge in [0.25, 0.3) is 0 Å². The molecule has 0 saturated heterocycles. The van der Waals surface area contributed by atoms with Crippen LogP contribution in [-0.2, 0) is 21.1 Å². The minimum atomic E-state index is 0. The summed E-state index contributed by atoms with van der Waals surface area (Å²) >= 11 is 0. The molecular weight excluding hydrogens is 475 g/mol. The van der Waals surface area contributed by atoms with Crippen LogP contribution in [0.2, 0.25) is 0 Å². The summed E-state index contributed by atoms with van der Waals surface area (Å²) in [7, 11) is 0. The monoisotopic (exact) mass is 485 g/mol. The van der Waals surface area contributed by atoms with E-state index in [4.69, 9.17) is 0 Å². The number of hydrogen-bond acceptors (Lipinski definition) is 6. The van der Waals surface area contributed by atoms with Gasteiger partial charge in [-0.25, -0.2) is 19.9 Å². The molecule has 9 heteroatoms. The molecule has 0 bridgehead atoms. The van der Waals surface area contributed by atoms with Crippen molar-refractivity contribution in [1.82, 2.24) is 40.3 Å². The quantitative estimate of drug-likeness (QED) is 0.414. The van der Waals surface area contributed by atoms with Crippen LogP contribution in [0.25, 0.3) is 23.0 Å². The third-order valence-corrected chi connectivity index (χ3v) is 2.52. The van der Waals surface area contributed by atoms with Crippen LogP contribution in [0.5, 0.6) is 0 Å². The molecule has 0 unspecified atom stereocenters. The first-order valence-electron chi connectivity index (χ1n) is 6.37. The second kappa shape index (κ2) is 8.65. The van der Waals surface area contributed by atoms with E-state index in [0.717, 1.165) is 0 Å². The zero-order valence-corrected chi connectivity index (χ0v) is 13.9. The minimum absolute atomic E-state index is 0. The Bertz CT molecular complexity index is 703. The van der Waals surface area contributed by atoms with Gasteiger partial charge < -0.3 is 20.4 Å². The van der Waals surface area contributed by atoms with Crippen LogP contribution in [0, 0.1) is 0 Å². The Hall–Kier alpha value is -2.73. The minimum Gasteiger partial charge on any atom is -0.572 e. The maximum absolute atomic E-state index is 4.01. The average Bonchev–Trinajstić information content (AvgIpc) is 3.31. The molecule has 0 N–H and O–H groups in total. The van der Waals surface area contributed by atoms with Gasteiger partial charge in [-0.3, -0.25) is 0 Å². The van der Waals surface area contributed by atoms with Crippen molar-refractivity contribution in [2.45, 2.75) is 0 Å². The van der Waals surface area contributed by atoms with E-state index in [2.05, 4.69) is 40.3 Å². The van der Waals surface area contributed by atoms with Crippen LogP contribution < -0.4 is 10.2 Å². The van der Waals surface area contributed by atoms with Crippen molar-refractivity contribution < 1.29 is 21.1 Å². The van der Waals surface area contributed by atoms with Gasteiger partial charge in [0.1, 0.15) is 11.6 Å². The summed E-state index contributed by atoms with van der Waals surface area (Å²) in [4.78, 5) is 16.0. The molecular formula is C14H10N8Pt. The Kier molecular flexibility index (Phi) is 6.26. The topological polar surface area (TPSA) is 106 Å². The van der Waals surface area contributed by atoms with Gasteiger partial charge in [0.05, 0.1) is 0 Å². The molecule has 0 amide bonds. The molecule has 4 aromatic rings. The molecule has 116 valence electrons. The molecule has 0 spiro atoms. The smallest absolute Gasteiger partial charge is 0.572 e. The molecule has 4 rings (SSSR count). The third-order valence-electron chi connectivity index (χ3n) is 2.52. The maximum Gasteiger partial charge on any atom is 2.00 e. The van der Waals surface area contributed by atoms with Gasteiger partial charge >= 0.3 is 21.1 Å². The summed E-state index contributed by atoms with van der Waals surface area (Å²) in [5.41, 5.74) is 1.43. The van der Waals surface area contributed by atoms with Gasteiger partial charge in [-0.1, -0.05) is 23.5 Å². The molecule has 23 heavy (non-hydrogen) atoms. The fraction of sp³-hybridized carbons (Fsp3) is 0. The third kappa shape index (κ3) is 4.62. The van der Waals surface area contributed by atoms with Crippen LogP contribution >= 0.6 is 0 Å². The van der Waals surface area contributed by atoms with E-state index in [1.54, 1.807) is 61.4 Å². The van der Waals surface area contributed by atoms with Gasteiger partial charge in [-0.05, 0) is 12.1 Å². The molecule has 0 radical (unpaired) electrons. The predicted molar refractivity (Wildman–Crippen MR) is 77.2 cm³/mol. The predicted octanol–water partition coefficient (Wildman–Crippen LogP) is 0.989. The van der Waals surface area contributed by atoms with Gasteiger partial charge in [-0.2, -0.15) is 0 Å². The molecule has 0 aromatic carbocycles. The van der Waals surface area contributed by atoms with E-state index in [9.17, 15) is 0 Å². The van der Waals surface area contributed by atoms with Crippen molar-refractivity contribution in [1.29, 1.82) is 0 Å². The van der Waals surface area contributed by atoms with Crippen molar-refractivity contribution in [3.63, 3.8) is 0 Å². The SMILES string of the molecule is [Pt+2].c1cnc(-c2ccn[n-]2)nc1.c1cnc(-c2ccn[n-]2)nc1. The van der Waals surface area contributed by atoms with Crippen molar-refractivity contribution >= 4 is 0 Å². The van der Waals surface area contributed by atoms with E-state index in [1.807, 2.05) is 0 Å². The molecule has 0 atom stereocenters. The van der Waals surface area contributed by atoms with Gasteiger partial charge in [0, 0.05) is 37.2 Å². The van der Waals surface area contributed by atoms with Crippen LogP contribution in [-0.4, -0.2) is 30.1 Å². The Morgan fingerprint density at radius 2 is 0.957 bits per heavy atom. The van der Waals surface area contributed by atoms with Crippen molar-refractivity contribution in [3.8, 4) is 23.0 Å². The van der Waals surface area contributed by atoms with Crippen LogP contribution in [0.1, 0.15) is 0 Å². The molecule has 0 aliphatic rings. The molecule has 0 aliphatic heterocycles. The molecule has 4 heterocycles. The Morgan fingerprint density at radius 1 is 0.565 bits per heavy atom. The van der Waals surface area contributed by atoms with Crippen molar-refractivity contribution in [2.75, 3.05) is 0 Å². The molecule has 0 saturated carbocycles. The van der Waals surface area contributed by atoms with Crippen LogP contribution in [0.15, 0.2) is 61.4 Å². The van der Waals surface area contributed by atoms with Gasteiger partial charge in [0.15, 0.2) is 0 Å². The first kappa shape index (κ1) is 16.6. The second-order valence-electron chi connectivity index (χ2n) is 3.98. The Morgan fingerprint density at radius 3 is 1.26 bits per heavy atom. The standard InChI is InChI=1S/2C7H5N4.Pt/c2*1-3-8-7(9-4-1)6-2-5-10-11-6;/h2*1-5H;/q2*-1;+2. The van der Waals surface area contributed by atoms with Crippen LogP contribution in [0.3, 0.4) is 0 Å². The molecule has 0 aliphatic carbocycles. The largest absolute Gasteiger partial charge is 2.00 e. The van der Waals surface area contributed by atoms with E-state index in [1.165, 1.54) is 0 Å². The summed E-state index contributed by atoms with van der Waals surface area (Å²) in [5, 5.41) is 15.0. The second-order valence-corrected chi connectivity index (χ2v) is 3.98. The first-order chi connectivity index (χ1) is 10.9. The molecule has 8 nitrogen and oxygen atoms in total. The summed E-state index contributed by atoms with van der Waals surface area (Å²) in [5.74, 6) is 1.23. The van der Waals surface area contributed by atoms with Crippen LogP contribution in [0.4, 0.5) is 0 Å². The first-order valence-corrected chi connectivity index (χ1v) is 6.37. The van der Waals surface area contributed by atoms with Gasteiger partial charge in [0.2, 0.25) is 0 Å². The summed E-state index contributed by atoms with van der Waals surface area (Å²) in [6.07, 6.45) is 9.94. The van der Waals surface area contributed by atoms with E-state index in [-0.39, 0.29) is 21.1 Å². The zero-order chi connectivity index (χ0) is 15.0. The fourth-order valence-electron chi connectivity index (χ4n) is 1.57. The van der Waals surface area contributed by atoms with E-state index in [0.29, 0.717) is 23.0 Å². The number of hydrogen-bond donors (Lipinski definition) is 0. The average molecular weight is 485 g/mol. The summed E-state index contributed by atoms with van der Waals surface area (Å²) < 4.78 is 0. The fourth-order valence-corrected chi connectivity index (χ4v) is 1.57. The van der Waals surface area contributed by atoms with Crippen molar-refractivity contribution in [2.24, 2.45) is 0 Å². The zero-order valence-electron chi connectivity index (χ0n) is 11.7. The van der Waals surface area contributed by atoms with Gasteiger partial charge in [-0.15, -0.1) is 0 Å². The molecule has 4 aromatic heterocycles. The van der Waals surface area contributed by atoms with Crippen molar-refractivity contribution in [3.05, 3.63) is 61.4 Å². The number of rotatable bonds is 2. The van der Waals surface area contributed by atoms with E-state index < -0.39 is 0 Å².